The van der Waals surface area contributed by atoms with Crippen LogP contribution in [-0.4, -0.2) is 31.1 Å². The third-order valence-electron chi connectivity index (χ3n) is 2.69. The molecule has 6 heteroatoms. The number of hydrogen-bond acceptors (Lipinski definition) is 5. The Kier molecular flexibility index (Phi) is 3.74. The van der Waals surface area contributed by atoms with Crippen LogP contribution in [0.15, 0.2) is 34.7 Å². The second kappa shape index (κ2) is 5.48. The average Bonchev–Trinajstić information content (AvgIpc) is 2.95. The van der Waals surface area contributed by atoms with Gasteiger partial charge in [-0.15, -0.1) is 0 Å². The molecular weight excluding hydrogens is 264 g/mol. The molecule has 0 unspecified atom stereocenters. The lowest BCUT2D eigenvalue weighted by molar-refractivity contribution is 0.0660. The predicted octanol–water partition coefficient (Wildman–Crippen LogP) is 2.23. The fourth-order valence-electron chi connectivity index (χ4n) is 1.77. The zero-order valence-electron chi connectivity index (χ0n) is 10.9. The minimum absolute atomic E-state index is 0.0750. The SMILES string of the molecule is COc1cccc(C(=O)c2ccc(C(=O)O)o2)c1OC. The highest BCUT2D eigenvalue weighted by Gasteiger charge is 2.21. The summed E-state index contributed by atoms with van der Waals surface area (Å²) in [7, 11) is 2.88. The molecule has 0 fully saturated rings. The largest absolute Gasteiger partial charge is 0.493 e. The zero-order valence-corrected chi connectivity index (χ0v) is 10.9. The number of ether oxygens (including phenoxy) is 2. The first kappa shape index (κ1) is 13.7. The highest BCUT2D eigenvalue weighted by Crippen LogP contribution is 2.32. The van der Waals surface area contributed by atoms with Crippen LogP contribution in [0.3, 0.4) is 0 Å². The van der Waals surface area contributed by atoms with E-state index in [4.69, 9.17) is 19.0 Å². The maximum Gasteiger partial charge on any atom is 0.371 e. The number of carboxylic acids is 1. The first-order valence-corrected chi connectivity index (χ1v) is 5.67. The maximum absolute atomic E-state index is 12.3. The molecule has 0 aliphatic rings. The number of rotatable bonds is 5. The number of carbonyl (C=O) groups excluding carboxylic acids is 1. The minimum atomic E-state index is -1.23. The predicted molar refractivity (Wildman–Crippen MR) is 68.6 cm³/mol. The maximum atomic E-state index is 12.3. The van der Waals surface area contributed by atoms with Crippen LogP contribution < -0.4 is 9.47 Å². The van der Waals surface area contributed by atoms with Gasteiger partial charge in [-0.2, -0.15) is 0 Å². The molecule has 1 N–H and O–H groups in total. The molecule has 0 bridgehead atoms. The van der Waals surface area contributed by atoms with E-state index < -0.39 is 11.8 Å². The molecule has 20 heavy (non-hydrogen) atoms. The average molecular weight is 276 g/mol. The van der Waals surface area contributed by atoms with Gasteiger partial charge in [0.05, 0.1) is 19.8 Å². The van der Waals surface area contributed by atoms with Crippen LogP contribution in [0, 0.1) is 0 Å². The highest BCUT2D eigenvalue weighted by atomic mass is 16.5. The van der Waals surface area contributed by atoms with Crippen LogP contribution in [0.25, 0.3) is 0 Å². The molecule has 0 radical (unpaired) electrons. The molecule has 0 spiro atoms. The van der Waals surface area contributed by atoms with Gasteiger partial charge in [-0.1, -0.05) is 6.07 Å². The Bertz CT molecular complexity index is 655. The van der Waals surface area contributed by atoms with E-state index >= 15 is 0 Å². The Balaban J connectivity index is 2.44. The normalized spacial score (nSPS) is 10.1. The third-order valence-corrected chi connectivity index (χ3v) is 2.69. The monoisotopic (exact) mass is 276 g/mol. The summed E-state index contributed by atoms with van der Waals surface area (Å²) in [6.07, 6.45) is 0. The first-order valence-electron chi connectivity index (χ1n) is 5.67. The first-order chi connectivity index (χ1) is 9.58. The van der Waals surface area contributed by atoms with Crippen LogP contribution in [0.4, 0.5) is 0 Å². The number of furan rings is 1. The molecule has 0 atom stereocenters. The van der Waals surface area contributed by atoms with Crippen molar-refractivity contribution in [1.82, 2.24) is 0 Å². The van der Waals surface area contributed by atoms with Crippen molar-refractivity contribution in [3.05, 3.63) is 47.4 Å². The number of aromatic carboxylic acids is 1. The molecule has 0 saturated heterocycles. The van der Waals surface area contributed by atoms with Gasteiger partial charge in [0.15, 0.2) is 17.3 Å². The molecule has 0 saturated carbocycles. The van der Waals surface area contributed by atoms with Crippen molar-refractivity contribution < 1.29 is 28.6 Å². The summed E-state index contributed by atoms with van der Waals surface area (Å²) < 4.78 is 15.3. The molecule has 2 rings (SSSR count). The fourth-order valence-corrected chi connectivity index (χ4v) is 1.77. The number of para-hydroxylation sites is 1. The van der Waals surface area contributed by atoms with Gasteiger partial charge in [-0.05, 0) is 24.3 Å². The van der Waals surface area contributed by atoms with E-state index in [2.05, 4.69) is 0 Å². The Morgan fingerprint density at radius 3 is 2.30 bits per heavy atom. The molecule has 1 heterocycles. The van der Waals surface area contributed by atoms with Gasteiger partial charge in [0, 0.05) is 0 Å². The number of benzene rings is 1. The van der Waals surface area contributed by atoms with Crippen LogP contribution >= 0.6 is 0 Å². The lowest BCUT2D eigenvalue weighted by Gasteiger charge is -2.10. The van der Waals surface area contributed by atoms with Gasteiger partial charge < -0.3 is 19.0 Å². The summed E-state index contributed by atoms with van der Waals surface area (Å²) >= 11 is 0. The van der Waals surface area contributed by atoms with E-state index in [1.165, 1.54) is 26.4 Å². The van der Waals surface area contributed by atoms with Gasteiger partial charge in [0.2, 0.25) is 11.5 Å². The molecule has 2 aromatic rings. The summed E-state index contributed by atoms with van der Waals surface area (Å²) in [5, 5.41) is 8.78. The van der Waals surface area contributed by atoms with Crippen molar-refractivity contribution in [2.75, 3.05) is 14.2 Å². The van der Waals surface area contributed by atoms with E-state index in [1.807, 2.05) is 0 Å². The van der Waals surface area contributed by atoms with E-state index in [1.54, 1.807) is 18.2 Å². The van der Waals surface area contributed by atoms with Crippen molar-refractivity contribution >= 4 is 11.8 Å². The summed E-state index contributed by atoms with van der Waals surface area (Å²) in [5.74, 6) is -1.41. The fraction of sp³-hybridized carbons (Fsp3) is 0.143. The number of carboxylic acid groups (broad SMARTS) is 1. The third kappa shape index (κ3) is 2.35. The summed E-state index contributed by atoms with van der Waals surface area (Å²) in [6, 6.07) is 7.37. The van der Waals surface area contributed by atoms with Crippen LogP contribution in [0.5, 0.6) is 11.5 Å². The van der Waals surface area contributed by atoms with E-state index in [0.29, 0.717) is 5.75 Å². The van der Waals surface area contributed by atoms with E-state index in [9.17, 15) is 9.59 Å². The smallest absolute Gasteiger partial charge is 0.371 e. The standard InChI is InChI=1S/C14H12O6/c1-18-10-5-3-4-8(13(10)19-2)12(15)9-6-7-11(20-9)14(16)17/h3-7H,1-2H3,(H,16,17). The topological polar surface area (TPSA) is 86.0 Å². The zero-order chi connectivity index (χ0) is 14.7. The molecule has 1 aromatic carbocycles. The summed E-state index contributed by atoms with van der Waals surface area (Å²) in [5.41, 5.74) is 0.234. The van der Waals surface area contributed by atoms with Crippen molar-refractivity contribution in [3.8, 4) is 11.5 Å². The Labute approximate surface area is 114 Å². The van der Waals surface area contributed by atoms with Gasteiger partial charge >= 0.3 is 5.97 Å². The lowest BCUT2D eigenvalue weighted by atomic mass is 10.1. The van der Waals surface area contributed by atoms with Crippen LogP contribution in [0.2, 0.25) is 0 Å². The number of hydrogen-bond donors (Lipinski definition) is 1. The van der Waals surface area contributed by atoms with Crippen molar-refractivity contribution in [1.29, 1.82) is 0 Å². The summed E-state index contributed by atoms with van der Waals surface area (Å²) in [4.78, 5) is 23.1. The van der Waals surface area contributed by atoms with Gasteiger partial charge in [-0.25, -0.2) is 4.79 Å². The molecule has 6 nitrogen and oxygen atoms in total. The second-order valence-electron chi connectivity index (χ2n) is 3.84. The van der Waals surface area contributed by atoms with Crippen LogP contribution in [-0.2, 0) is 0 Å². The van der Waals surface area contributed by atoms with Gasteiger partial charge in [0.1, 0.15) is 0 Å². The second-order valence-corrected chi connectivity index (χ2v) is 3.84. The molecule has 104 valence electrons. The van der Waals surface area contributed by atoms with Gasteiger partial charge in [0.25, 0.3) is 0 Å². The Morgan fingerprint density at radius 1 is 1.05 bits per heavy atom. The highest BCUT2D eigenvalue weighted by molar-refractivity contribution is 6.09. The lowest BCUT2D eigenvalue weighted by Crippen LogP contribution is -2.04. The Hall–Kier alpha value is -2.76. The summed E-state index contributed by atoms with van der Waals surface area (Å²) in [6.45, 7) is 0. The van der Waals surface area contributed by atoms with Crippen LogP contribution in [0.1, 0.15) is 26.7 Å². The van der Waals surface area contributed by atoms with Crippen molar-refractivity contribution in [2.24, 2.45) is 0 Å². The van der Waals surface area contributed by atoms with Crippen molar-refractivity contribution in [3.63, 3.8) is 0 Å². The Morgan fingerprint density at radius 2 is 1.75 bits per heavy atom. The molecule has 0 aliphatic carbocycles. The molecule has 0 amide bonds. The molecule has 0 aliphatic heterocycles. The minimum Gasteiger partial charge on any atom is -0.493 e. The van der Waals surface area contributed by atoms with Crippen molar-refractivity contribution in [2.45, 2.75) is 0 Å². The van der Waals surface area contributed by atoms with Gasteiger partial charge in [-0.3, -0.25) is 4.79 Å². The van der Waals surface area contributed by atoms with E-state index in [-0.39, 0.29) is 22.8 Å². The molecular formula is C14H12O6. The van der Waals surface area contributed by atoms with E-state index in [0.717, 1.165) is 0 Å². The quantitative estimate of drug-likeness (QED) is 0.843. The number of carbonyl (C=O) groups is 2. The molecule has 1 aromatic heterocycles. The number of ketones is 1. The number of methoxy groups -OCH3 is 2.